The third-order valence-electron chi connectivity index (χ3n) is 5.28. The molecule has 9 nitrogen and oxygen atoms in total. The van der Waals surface area contributed by atoms with Crippen LogP contribution in [0.3, 0.4) is 0 Å². The van der Waals surface area contributed by atoms with Crippen molar-refractivity contribution in [2.24, 2.45) is 0 Å². The molecule has 1 aliphatic heterocycles. The molecule has 29 heavy (non-hydrogen) atoms. The summed E-state index contributed by atoms with van der Waals surface area (Å²) in [6.45, 7) is 1.44. The zero-order chi connectivity index (χ0) is 20.2. The number of urea groups is 1. The van der Waals surface area contributed by atoms with E-state index in [0.29, 0.717) is 17.6 Å². The summed E-state index contributed by atoms with van der Waals surface area (Å²) in [5.74, 6) is 1.21. The fourth-order valence-corrected chi connectivity index (χ4v) is 4.78. The molecular weight excluding hydrogens is 392 g/mol. The minimum Gasteiger partial charge on any atom is -0.481 e. The van der Waals surface area contributed by atoms with Crippen molar-refractivity contribution in [2.45, 2.75) is 51.1 Å². The quantitative estimate of drug-likeness (QED) is 0.770. The van der Waals surface area contributed by atoms with E-state index in [2.05, 4.69) is 30.5 Å². The van der Waals surface area contributed by atoms with Gasteiger partial charge in [-0.2, -0.15) is 9.97 Å². The molecule has 2 aromatic heterocycles. The van der Waals surface area contributed by atoms with Gasteiger partial charge < -0.3 is 19.7 Å². The zero-order valence-electron chi connectivity index (χ0n) is 16.7. The number of carbonyl (C=O) groups excluding carboxylic acids is 1. The molecule has 1 aliphatic carbocycles. The first kappa shape index (κ1) is 19.7. The van der Waals surface area contributed by atoms with Gasteiger partial charge >= 0.3 is 12.0 Å². The van der Waals surface area contributed by atoms with Crippen molar-refractivity contribution in [3.8, 4) is 11.9 Å². The summed E-state index contributed by atoms with van der Waals surface area (Å²) in [4.78, 5) is 28.8. The Hall–Kier alpha value is -2.62. The number of nitrogens with one attached hydrogen (secondary N) is 2. The number of anilines is 2. The van der Waals surface area contributed by atoms with Crippen molar-refractivity contribution < 1.29 is 14.3 Å². The number of carbonyl (C=O) groups is 1. The van der Waals surface area contributed by atoms with Gasteiger partial charge in [-0.15, -0.1) is 0 Å². The topological polar surface area (TPSA) is 102 Å². The van der Waals surface area contributed by atoms with E-state index in [1.165, 1.54) is 37.7 Å². The first-order chi connectivity index (χ1) is 14.1. The normalized spacial score (nSPS) is 16.8. The van der Waals surface area contributed by atoms with E-state index in [9.17, 15) is 4.79 Å². The van der Waals surface area contributed by atoms with E-state index in [1.54, 1.807) is 13.2 Å². The van der Waals surface area contributed by atoms with Crippen LogP contribution >= 0.6 is 11.3 Å². The van der Waals surface area contributed by atoms with Gasteiger partial charge in [0.1, 0.15) is 5.82 Å². The maximum atomic E-state index is 12.3. The predicted octanol–water partition coefficient (Wildman–Crippen LogP) is 2.97. The van der Waals surface area contributed by atoms with Crippen molar-refractivity contribution in [1.82, 2.24) is 20.3 Å². The van der Waals surface area contributed by atoms with Crippen LogP contribution in [0.15, 0.2) is 6.07 Å². The number of aromatic nitrogens is 3. The second-order valence-corrected chi connectivity index (χ2v) is 8.33. The molecule has 4 rings (SSSR count). The molecule has 0 atom stereocenters. The maximum Gasteiger partial charge on any atom is 0.321 e. The molecule has 2 aromatic rings. The first-order valence-electron chi connectivity index (χ1n) is 9.92. The van der Waals surface area contributed by atoms with Gasteiger partial charge in [0.15, 0.2) is 5.13 Å². The lowest BCUT2D eigenvalue weighted by Gasteiger charge is -2.27. The highest BCUT2D eigenvalue weighted by Gasteiger charge is 2.24. The molecule has 0 unspecified atom stereocenters. The lowest BCUT2D eigenvalue weighted by molar-refractivity contribution is 0.244. The van der Waals surface area contributed by atoms with E-state index < -0.39 is 0 Å². The summed E-state index contributed by atoms with van der Waals surface area (Å²) in [5.41, 5.74) is 1.03. The Kier molecular flexibility index (Phi) is 5.98. The highest BCUT2D eigenvalue weighted by Crippen LogP contribution is 2.31. The minimum absolute atomic E-state index is 0.162. The molecule has 10 heteroatoms. The highest BCUT2D eigenvalue weighted by atomic mass is 32.1. The molecule has 0 aromatic carbocycles. The van der Waals surface area contributed by atoms with E-state index in [4.69, 9.17) is 9.47 Å². The smallest absolute Gasteiger partial charge is 0.321 e. The standard InChI is InChI=1S/C19H26N6O3S/c1-27-16-10-15(22-18(23-16)28-2)25-9-8-13-14(11-25)29-19(21-13)24-17(26)20-12-6-4-3-5-7-12/h10,12H,3-9,11H2,1-2H3,(H2,20,21,24,26). The van der Waals surface area contributed by atoms with Crippen LogP contribution in [0, 0.1) is 0 Å². The Morgan fingerprint density at radius 1 is 1.17 bits per heavy atom. The van der Waals surface area contributed by atoms with Gasteiger partial charge in [-0.3, -0.25) is 5.32 Å². The number of methoxy groups -OCH3 is 2. The van der Waals surface area contributed by atoms with Crippen LogP contribution in [0.2, 0.25) is 0 Å². The summed E-state index contributed by atoms with van der Waals surface area (Å²) in [7, 11) is 3.10. The first-order valence-corrected chi connectivity index (χ1v) is 10.7. The van der Waals surface area contributed by atoms with Gasteiger partial charge in [-0.1, -0.05) is 30.6 Å². The van der Waals surface area contributed by atoms with Gasteiger partial charge in [-0.25, -0.2) is 9.78 Å². The number of thiazole rings is 1. The number of hydrogen-bond acceptors (Lipinski definition) is 8. The van der Waals surface area contributed by atoms with Gasteiger partial charge in [0.25, 0.3) is 0 Å². The Labute approximate surface area is 173 Å². The Balaban J connectivity index is 1.41. The summed E-state index contributed by atoms with van der Waals surface area (Å²) in [6, 6.07) is 2.18. The lowest BCUT2D eigenvalue weighted by Crippen LogP contribution is -2.39. The summed E-state index contributed by atoms with van der Waals surface area (Å²) in [5, 5.41) is 6.62. The molecule has 0 spiro atoms. The lowest BCUT2D eigenvalue weighted by atomic mass is 9.96. The van der Waals surface area contributed by atoms with Crippen LogP contribution in [0.1, 0.15) is 42.7 Å². The van der Waals surface area contributed by atoms with Crippen LogP contribution in [0.25, 0.3) is 0 Å². The Morgan fingerprint density at radius 2 is 2.00 bits per heavy atom. The van der Waals surface area contributed by atoms with Crippen molar-refractivity contribution in [2.75, 3.05) is 31.0 Å². The van der Waals surface area contributed by atoms with Crippen LogP contribution in [0.5, 0.6) is 11.9 Å². The predicted molar refractivity (Wildman–Crippen MR) is 111 cm³/mol. The van der Waals surface area contributed by atoms with Crippen LogP contribution in [-0.2, 0) is 13.0 Å². The highest BCUT2D eigenvalue weighted by molar-refractivity contribution is 7.15. The molecule has 2 amide bonds. The summed E-state index contributed by atoms with van der Waals surface area (Å²) < 4.78 is 10.4. The van der Waals surface area contributed by atoms with Gasteiger partial charge in [0.2, 0.25) is 5.88 Å². The number of amides is 2. The van der Waals surface area contributed by atoms with Crippen molar-refractivity contribution >= 4 is 28.3 Å². The minimum atomic E-state index is -0.162. The molecule has 3 heterocycles. The number of fused-ring (bicyclic) bond motifs is 1. The molecule has 1 fully saturated rings. The molecule has 156 valence electrons. The van der Waals surface area contributed by atoms with E-state index in [-0.39, 0.29) is 18.1 Å². The SMILES string of the molecule is COc1cc(N2CCc3nc(NC(=O)NC4CCCCC4)sc3C2)nc(OC)n1. The van der Waals surface area contributed by atoms with Crippen molar-refractivity contribution in [3.05, 3.63) is 16.6 Å². The van der Waals surface area contributed by atoms with Crippen LogP contribution in [-0.4, -0.2) is 47.8 Å². The van der Waals surface area contributed by atoms with Gasteiger partial charge in [0, 0.05) is 30.0 Å². The van der Waals surface area contributed by atoms with Gasteiger partial charge in [-0.05, 0) is 12.8 Å². The Bertz CT molecular complexity index is 845. The van der Waals surface area contributed by atoms with Crippen molar-refractivity contribution in [3.63, 3.8) is 0 Å². The van der Waals surface area contributed by atoms with Gasteiger partial charge in [0.05, 0.1) is 26.5 Å². The molecular formula is C19H26N6O3S. The Morgan fingerprint density at radius 3 is 2.76 bits per heavy atom. The number of nitrogens with zero attached hydrogens (tertiary/aromatic N) is 4. The number of hydrogen-bond donors (Lipinski definition) is 2. The second kappa shape index (κ2) is 8.81. The zero-order valence-corrected chi connectivity index (χ0v) is 17.5. The number of ether oxygens (including phenoxy) is 2. The summed E-state index contributed by atoms with van der Waals surface area (Å²) in [6.07, 6.45) is 6.53. The third-order valence-corrected chi connectivity index (χ3v) is 6.27. The van der Waals surface area contributed by atoms with E-state index >= 15 is 0 Å². The molecule has 2 aliphatic rings. The number of rotatable bonds is 5. The fraction of sp³-hybridized carbons (Fsp3) is 0.579. The third kappa shape index (κ3) is 4.69. The molecule has 0 saturated heterocycles. The largest absolute Gasteiger partial charge is 0.481 e. The molecule has 0 bridgehead atoms. The van der Waals surface area contributed by atoms with Crippen molar-refractivity contribution in [1.29, 1.82) is 0 Å². The second-order valence-electron chi connectivity index (χ2n) is 7.25. The average molecular weight is 419 g/mol. The van der Waals surface area contributed by atoms with Crippen LogP contribution in [0.4, 0.5) is 15.7 Å². The molecule has 1 saturated carbocycles. The van der Waals surface area contributed by atoms with E-state index in [0.717, 1.165) is 42.2 Å². The van der Waals surface area contributed by atoms with E-state index in [1.807, 2.05) is 0 Å². The summed E-state index contributed by atoms with van der Waals surface area (Å²) >= 11 is 1.51. The van der Waals surface area contributed by atoms with Crippen LogP contribution < -0.4 is 25.0 Å². The monoisotopic (exact) mass is 418 g/mol. The maximum absolute atomic E-state index is 12.3. The fourth-order valence-electron chi connectivity index (χ4n) is 3.76. The average Bonchev–Trinajstić information content (AvgIpc) is 3.15. The molecule has 0 radical (unpaired) electrons. The molecule has 2 N–H and O–H groups in total.